The van der Waals surface area contributed by atoms with E-state index in [1.807, 2.05) is 30.3 Å². The number of carbonyl (C=O) groups is 1. The molecule has 1 amide bonds. The van der Waals surface area contributed by atoms with Crippen molar-refractivity contribution in [3.05, 3.63) is 41.0 Å². The Kier molecular flexibility index (Phi) is 5.06. The summed E-state index contributed by atoms with van der Waals surface area (Å²) in [6.07, 6.45) is -0.0780. The maximum atomic E-state index is 11.0. The van der Waals surface area contributed by atoms with Crippen molar-refractivity contribution in [3.63, 3.8) is 0 Å². The third kappa shape index (κ3) is 3.88. The summed E-state index contributed by atoms with van der Waals surface area (Å²) < 4.78 is 5.41. The molecule has 1 aromatic carbocycles. The lowest BCUT2D eigenvalue weighted by Gasteiger charge is -2.38. The van der Waals surface area contributed by atoms with Crippen molar-refractivity contribution >= 4 is 17.7 Å². The standard InChI is InChI=1S/C17H20ClN3O3/c1-12-11-21(17(22)23)8-7-20(12)6-5-15-10-16(24-19-15)13-3-2-4-14(18)9-13/h2-4,9-10,12H,5-8,11H2,1H3,(H,22,23)/t12-/m1/s1. The fraction of sp³-hybridized carbons (Fsp3) is 0.412. The first-order valence-corrected chi connectivity index (χ1v) is 8.34. The molecule has 1 saturated heterocycles. The number of aromatic nitrogens is 1. The molecule has 0 radical (unpaired) electrons. The Balaban J connectivity index is 1.57. The number of carboxylic acid groups (broad SMARTS) is 1. The van der Waals surface area contributed by atoms with Crippen molar-refractivity contribution in [2.75, 3.05) is 26.2 Å². The minimum absolute atomic E-state index is 0.203. The van der Waals surface area contributed by atoms with Crippen molar-refractivity contribution in [2.45, 2.75) is 19.4 Å². The zero-order chi connectivity index (χ0) is 17.1. The minimum Gasteiger partial charge on any atom is -0.465 e. The van der Waals surface area contributed by atoms with Gasteiger partial charge in [-0.2, -0.15) is 0 Å². The van der Waals surface area contributed by atoms with E-state index in [1.54, 1.807) is 0 Å². The molecule has 1 aliphatic heterocycles. The smallest absolute Gasteiger partial charge is 0.407 e. The molecular formula is C17H20ClN3O3. The lowest BCUT2D eigenvalue weighted by atomic mass is 10.1. The first kappa shape index (κ1) is 16.8. The molecule has 3 rings (SSSR count). The van der Waals surface area contributed by atoms with Crippen LogP contribution in [0.25, 0.3) is 11.3 Å². The highest BCUT2D eigenvalue weighted by molar-refractivity contribution is 6.30. The van der Waals surface area contributed by atoms with Crippen LogP contribution in [0.15, 0.2) is 34.9 Å². The van der Waals surface area contributed by atoms with Gasteiger partial charge in [-0.1, -0.05) is 28.9 Å². The van der Waals surface area contributed by atoms with Gasteiger partial charge in [-0.15, -0.1) is 0 Å². The molecule has 0 bridgehead atoms. The summed E-state index contributed by atoms with van der Waals surface area (Å²) in [7, 11) is 0. The van der Waals surface area contributed by atoms with Crippen LogP contribution in [0.2, 0.25) is 5.02 Å². The molecule has 2 heterocycles. The van der Waals surface area contributed by atoms with Gasteiger partial charge < -0.3 is 14.5 Å². The van der Waals surface area contributed by atoms with E-state index in [1.165, 1.54) is 4.90 Å². The van der Waals surface area contributed by atoms with Crippen LogP contribution in [0.3, 0.4) is 0 Å². The monoisotopic (exact) mass is 349 g/mol. The van der Waals surface area contributed by atoms with Crippen LogP contribution in [0, 0.1) is 0 Å². The molecule has 128 valence electrons. The van der Waals surface area contributed by atoms with Crippen LogP contribution >= 0.6 is 11.6 Å². The molecule has 0 spiro atoms. The van der Waals surface area contributed by atoms with Gasteiger partial charge in [0, 0.05) is 55.3 Å². The zero-order valence-electron chi connectivity index (χ0n) is 13.5. The Hall–Kier alpha value is -2.05. The molecule has 1 N–H and O–H groups in total. The van der Waals surface area contributed by atoms with Crippen LogP contribution < -0.4 is 0 Å². The van der Waals surface area contributed by atoms with E-state index in [9.17, 15) is 4.79 Å². The van der Waals surface area contributed by atoms with Crippen molar-refractivity contribution in [1.29, 1.82) is 0 Å². The number of hydrogen-bond donors (Lipinski definition) is 1. The topological polar surface area (TPSA) is 69.8 Å². The molecule has 24 heavy (non-hydrogen) atoms. The Morgan fingerprint density at radius 3 is 2.96 bits per heavy atom. The third-order valence-corrected chi connectivity index (χ3v) is 4.59. The van der Waals surface area contributed by atoms with Gasteiger partial charge in [0.05, 0.1) is 5.69 Å². The quantitative estimate of drug-likeness (QED) is 0.917. The van der Waals surface area contributed by atoms with Crippen LogP contribution in [0.4, 0.5) is 4.79 Å². The average molecular weight is 350 g/mol. The fourth-order valence-electron chi connectivity index (χ4n) is 2.97. The second kappa shape index (κ2) is 7.23. The van der Waals surface area contributed by atoms with Crippen molar-refractivity contribution in [3.8, 4) is 11.3 Å². The Labute approximate surface area is 145 Å². The highest BCUT2D eigenvalue weighted by Crippen LogP contribution is 2.23. The van der Waals surface area contributed by atoms with Gasteiger partial charge in [0.2, 0.25) is 0 Å². The molecule has 1 aliphatic rings. The Morgan fingerprint density at radius 2 is 2.25 bits per heavy atom. The van der Waals surface area contributed by atoms with E-state index >= 15 is 0 Å². The van der Waals surface area contributed by atoms with Crippen molar-refractivity contribution in [1.82, 2.24) is 15.0 Å². The molecule has 2 aromatic rings. The predicted octanol–water partition coefficient (Wildman–Crippen LogP) is 3.22. The number of nitrogens with zero attached hydrogens (tertiary/aromatic N) is 3. The van der Waals surface area contributed by atoms with Gasteiger partial charge in [0.15, 0.2) is 5.76 Å². The van der Waals surface area contributed by atoms with E-state index in [-0.39, 0.29) is 6.04 Å². The van der Waals surface area contributed by atoms with Gasteiger partial charge in [-0.25, -0.2) is 4.79 Å². The molecular weight excluding hydrogens is 330 g/mol. The highest BCUT2D eigenvalue weighted by Gasteiger charge is 2.26. The van der Waals surface area contributed by atoms with Crippen LogP contribution in [0.1, 0.15) is 12.6 Å². The fourth-order valence-corrected chi connectivity index (χ4v) is 3.16. The minimum atomic E-state index is -0.843. The SMILES string of the molecule is C[C@@H]1CN(C(=O)O)CCN1CCc1cc(-c2cccc(Cl)c2)on1. The summed E-state index contributed by atoms with van der Waals surface area (Å²) in [5.41, 5.74) is 1.79. The predicted molar refractivity (Wildman–Crippen MR) is 91.3 cm³/mol. The van der Waals surface area contributed by atoms with Crippen molar-refractivity contribution in [2.24, 2.45) is 0 Å². The lowest BCUT2D eigenvalue weighted by molar-refractivity contribution is 0.0758. The largest absolute Gasteiger partial charge is 0.465 e. The average Bonchev–Trinajstić information content (AvgIpc) is 3.02. The Bertz CT molecular complexity index is 719. The molecule has 6 nitrogen and oxygen atoms in total. The Morgan fingerprint density at radius 1 is 1.42 bits per heavy atom. The molecule has 0 saturated carbocycles. The van der Waals surface area contributed by atoms with E-state index in [2.05, 4.69) is 17.0 Å². The van der Waals surface area contributed by atoms with Gasteiger partial charge in [0.25, 0.3) is 0 Å². The summed E-state index contributed by atoms with van der Waals surface area (Å²) >= 11 is 6.00. The van der Waals surface area contributed by atoms with E-state index in [0.29, 0.717) is 23.9 Å². The summed E-state index contributed by atoms with van der Waals surface area (Å²) in [6, 6.07) is 9.62. The first-order chi connectivity index (χ1) is 11.5. The summed E-state index contributed by atoms with van der Waals surface area (Å²) in [5.74, 6) is 0.705. The second-order valence-corrected chi connectivity index (χ2v) is 6.49. The summed E-state index contributed by atoms with van der Waals surface area (Å²) in [5, 5.41) is 13.8. The van der Waals surface area contributed by atoms with Gasteiger partial charge in [-0.05, 0) is 19.1 Å². The van der Waals surface area contributed by atoms with E-state index < -0.39 is 6.09 Å². The zero-order valence-corrected chi connectivity index (χ0v) is 14.2. The number of rotatable bonds is 4. The molecule has 1 atom stereocenters. The van der Waals surface area contributed by atoms with Gasteiger partial charge in [-0.3, -0.25) is 4.90 Å². The molecule has 1 fully saturated rings. The molecule has 1 aromatic heterocycles. The number of halogens is 1. The normalized spacial score (nSPS) is 18.8. The summed E-state index contributed by atoms with van der Waals surface area (Å²) in [6.45, 7) is 4.71. The first-order valence-electron chi connectivity index (χ1n) is 7.96. The van der Waals surface area contributed by atoms with E-state index in [0.717, 1.165) is 30.8 Å². The molecule has 0 unspecified atom stereocenters. The third-order valence-electron chi connectivity index (χ3n) is 4.36. The van der Waals surface area contributed by atoms with Gasteiger partial charge in [0.1, 0.15) is 0 Å². The number of benzene rings is 1. The summed E-state index contributed by atoms with van der Waals surface area (Å²) in [4.78, 5) is 14.8. The number of piperazine rings is 1. The van der Waals surface area contributed by atoms with Crippen LogP contribution in [-0.2, 0) is 6.42 Å². The molecule has 7 heteroatoms. The lowest BCUT2D eigenvalue weighted by Crippen LogP contribution is -2.53. The van der Waals surface area contributed by atoms with Gasteiger partial charge >= 0.3 is 6.09 Å². The van der Waals surface area contributed by atoms with Crippen LogP contribution in [-0.4, -0.2) is 58.4 Å². The second-order valence-electron chi connectivity index (χ2n) is 6.06. The van der Waals surface area contributed by atoms with Crippen LogP contribution in [0.5, 0.6) is 0 Å². The maximum absolute atomic E-state index is 11.0. The number of hydrogen-bond acceptors (Lipinski definition) is 4. The molecule has 0 aliphatic carbocycles. The van der Waals surface area contributed by atoms with Crippen molar-refractivity contribution < 1.29 is 14.4 Å². The maximum Gasteiger partial charge on any atom is 0.407 e. The van der Waals surface area contributed by atoms with E-state index in [4.69, 9.17) is 21.2 Å². The number of amides is 1. The highest BCUT2D eigenvalue weighted by atomic mass is 35.5.